The number of nitrogens with one attached hydrogen (secondary N) is 1. The zero-order valence-electron chi connectivity index (χ0n) is 13.4. The van der Waals surface area contributed by atoms with Gasteiger partial charge in [-0.15, -0.1) is 0 Å². The molecule has 1 heterocycles. The van der Waals surface area contributed by atoms with E-state index in [2.05, 4.69) is 5.32 Å². The summed E-state index contributed by atoms with van der Waals surface area (Å²) >= 11 is 1.54. The molecule has 124 valence electrons. The van der Waals surface area contributed by atoms with Gasteiger partial charge in [-0.25, -0.2) is 0 Å². The molecule has 6 heteroatoms. The van der Waals surface area contributed by atoms with Crippen molar-refractivity contribution >= 4 is 23.4 Å². The Bertz CT molecular complexity index is 600. The smallest absolute Gasteiger partial charge is 0.271 e. The van der Waals surface area contributed by atoms with Gasteiger partial charge in [-0.3, -0.25) is 4.79 Å². The first kappa shape index (κ1) is 16.3. The van der Waals surface area contributed by atoms with E-state index in [1.807, 2.05) is 6.07 Å². The van der Waals surface area contributed by atoms with Crippen LogP contribution in [0.3, 0.4) is 0 Å². The molecule has 1 unspecified atom stereocenters. The number of rotatable bonds is 5. The van der Waals surface area contributed by atoms with Gasteiger partial charge in [0, 0.05) is 35.9 Å². The van der Waals surface area contributed by atoms with Gasteiger partial charge in [0.2, 0.25) is 5.91 Å². The summed E-state index contributed by atoms with van der Waals surface area (Å²) in [5, 5.41) is 2.83. The maximum absolute atomic E-state index is 12.3. The van der Waals surface area contributed by atoms with Crippen molar-refractivity contribution < 1.29 is 14.3 Å². The van der Waals surface area contributed by atoms with Crippen LogP contribution in [0.15, 0.2) is 23.1 Å². The molecule has 1 aromatic carbocycles. The highest BCUT2D eigenvalue weighted by Crippen LogP contribution is 2.44. The minimum Gasteiger partial charge on any atom is -0.497 e. The number of carbonyl (C=O) groups is 1. The highest BCUT2D eigenvalue weighted by molar-refractivity contribution is 8.00. The van der Waals surface area contributed by atoms with Crippen molar-refractivity contribution in [3.05, 3.63) is 23.1 Å². The van der Waals surface area contributed by atoms with Gasteiger partial charge in [-0.1, -0.05) is 19.3 Å². The zero-order chi connectivity index (χ0) is 16.2. The van der Waals surface area contributed by atoms with Crippen LogP contribution in [0, 0.1) is 10.8 Å². The molecule has 3 rings (SSSR count). The van der Waals surface area contributed by atoms with Crippen LogP contribution in [0.4, 0.5) is 5.69 Å². The van der Waals surface area contributed by atoms with E-state index in [4.69, 9.17) is 4.74 Å². The molecule has 1 aliphatic carbocycles. The number of ether oxygens (including phenoxy) is 1. The van der Waals surface area contributed by atoms with Gasteiger partial charge in [0.05, 0.1) is 16.8 Å². The molecule has 1 amide bonds. The van der Waals surface area contributed by atoms with E-state index in [-0.39, 0.29) is 17.2 Å². The molecule has 1 aromatic rings. The Morgan fingerprint density at radius 3 is 2.87 bits per heavy atom. The lowest BCUT2D eigenvalue weighted by atomic mass is 9.89. The average molecular weight is 335 g/mol. The maximum atomic E-state index is 12.3. The van der Waals surface area contributed by atoms with Crippen LogP contribution in [0.5, 0.6) is 5.75 Å². The van der Waals surface area contributed by atoms with Crippen LogP contribution in [0.2, 0.25) is 0 Å². The van der Waals surface area contributed by atoms with Crippen LogP contribution in [-0.4, -0.2) is 29.7 Å². The number of hydrogen-bond acceptors (Lipinski definition) is 4. The van der Waals surface area contributed by atoms with Gasteiger partial charge in [0.1, 0.15) is 5.75 Å². The fourth-order valence-electron chi connectivity index (χ4n) is 3.25. The lowest BCUT2D eigenvalue weighted by Crippen LogP contribution is -2.34. The molecular weight excluding hydrogens is 312 g/mol. The molecule has 1 aliphatic heterocycles. The molecule has 1 atom stereocenters. The van der Waals surface area contributed by atoms with E-state index < -0.39 is 0 Å². The van der Waals surface area contributed by atoms with Crippen LogP contribution >= 0.6 is 11.8 Å². The van der Waals surface area contributed by atoms with Crippen molar-refractivity contribution in [1.82, 2.24) is 5.32 Å². The quantitative estimate of drug-likeness (QED) is 0.835. The topological polar surface area (TPSA) is 58.4 Å². The number of thioether (sulfide) groups is 1. The summed E-state index contributed by atoms with van der Waals surface area (Å²) in [6.45, 7) is 0.552. The monoisotopic (exact) mass is 335 g/mol. The van der Waals surface area contributed by atoms with E-state index in [0.717, 1.165) is 41.1 Å². The summed E-state index contributed by atoms with van der Waals surface area (Å²) < 4.78 is 6.25. The summed E-state index contributed by atoms with van der Waals surface area (Å²) in [5.41, 5.74) is 0.694. The highest BCUT2D eigenvalue weighted by Gasteiger charge is 2.39. The van der Waals surface area contributed by atoms with Crippen molar-refractivity contribution in [3.63, 3.8) is 0 Å². The second kappa shape index (κ2) is 7.34. The van der Waals surface area contributed by atoms with E-state index in [9.17, 15) is 9.70 Å². The van der Waals surface area contributed by atoms with Crippen molar-refractivity contribution in [2.24, 2.45) is 5.92 Å². The minimum absolute atomic E-state index is 0.157. The first-order valence-electron chi connectivity index (χ1n) is 8.28. The third kappa shape index (κ3) is 3.68. The van der Waals surface area contributed by atoms with Crippen molar-refractivity contribution in [3.8, 4) is 5.75 Å². The fourth-order valence-corrected chi connectivity index (χ4v) is 4.45. The molecule has 2 aliphatic rings. The number of hydrogen-bond donors (Lipinski definition) is 1. The Labute approximate surface area is 140 Å². The standard InChI is InChI=1S/C17H22N2O3S/c1-22-13-7-8-14-15(11-13)23-16(19(14)21)9-10-18-17(20)12-5-3-2-4-6-12/h7-8,11-12,16H,2-6,9-10H2,1H3/p+1. The molecule has 0 saturated heterocycles. The number of carbonyl (C=O) groups excluding carboxylic acids is 1. The van der Waals surface area contributed by atoms with Gasteiger partial charge in [0.15, 0.2) is 0 Å². The van der Waals surface area contributed by atoms with Crippen LogP contribution < -0.4 is 10.1 Å². The Balaban J connectivity index is 1.50. The highest BCUT2D eigenvalue weighted by atomic mass is 32.2. The summed E-state index contributed by atoms with van der Waals surface area (Å²) in [6, 6.07) is 5.50. The molecule has 0 bridgehead atoms. The number of benzene rings is 1. The van der Waals surface area contributed by atoms with E-state index in [0.29, 0.717) is 18.7 Å². The summed E-state index contributed by atoms with van der Waals surface area (Å²) in [6.07, 6.45) is 6.20. The van der Waals surface area contributed by atoms with Crippen LogP contribution in [0.25, 0.3) is 0 Å². The third-order valence-electron chi connectivity index (χ3n) is 4.60. The van der Waals surface area contributed by atoms with Crippen molar-refractivity contribution in [2.45, 2.75) is 48.8 Å². The first-order valence-corrected chi connectivity index (χ1v) is 9.16. The number of methoxy groups -OCH3 is 1. The zero-order valence-corrected chi connectivity index (χ0v) is 14.2. The summed E-state index contributed by atoms with van der Waals surface area (Å²) in [7, 11) is 1.62. The SMILES string of the molecule is COc1ccc2c(c1)SC(CCNC(=O)C1CCCCC1)[N+]2=O. The van der Waals surface area contributed by atoms with Crippen molar-refractivity contribution in [2.75, 3.05) is 13.7 Å². The summed E-state index contributed by atoms with van der Waals surface area (Å²) in [4.78, 5) is 25.4. The number of amides is 1. The largest absolute Gasteiger partial charge is 0.497 e. The number of fused-ring (bicyclic) bond motifs is 1. The Kier molecular flexibility index (Phi) is 5.20. The molecule has 0 aromatic heterocycles. The molecule has 5 nitrogen and oxygen atoms in total. The third-order valence-corrected chi connectivity index (χ3v) is 5.88. The van der Waals surface area contributed by atoms with Gasteiger partial charge in [-0.2, -0.15) is 0 Å². The molecule has 1 saturated carbocycles. The lowest BCUT2D eigenvalue weighted by Gasteiger charge is -2.20. The fraction of sp³-hybridized carbons (Fsp3) is 0.588. The number of nitroso groups, excluding NO2 is 1. The van der Waals surface area contributed by atoms with Gasteiger partial charge < -0.3 is 10.1 Å². The molecular formula is C17H23N2O3S+. The Morgan fingerprint density at radius 1 is 1.35 bits per heavy atom. The van der Waals surface area contributed by atoms with E-state index in [1.165, 1.54) is 6.42 Å². The Hall–Kier alpha value is -1.56. The predicted octanol–water partition coefficient (Wildman–Crippen LogP) is 3.62. The molecule has 0 radical (unpaired) electrons. The van der Waals surface area contributed by atoms with Crippen LogP contribution in [0.1, 0.15) is 38.5 Å². The maximum Gasteiger partial charge on any atom is 0.271 e. The second-order valence-electron chi connectivity index (χ2n) is 6.15. The average Bonchev–Trinajstić information content (AvgIpc) is 2.91. The van der Waals surface area contributed by atoms with Gasteiger partial charge in [0.25, 0.3) is 11.1 Å². The first-order chi connectivity index (χ1) is 11.2. The van der Waals surface area contributed by atoms with Gasteiger partial charge >= 0.3 is 0 Å². The van der Waals surface area contributed by atoms with Gasteiger partial charge in [-0.05, 0) is 30.7 Å². The van der Waals surface area contributed by atoms with E-state index in [1.54, 1.807) is 31.0 Å². The van der Waals surface area contributed by atoms with E-state index >= 15 is 0 Å². The number of nitrogens with zero attached hydrogens (tertiary/aromatic N) is 1. The molecule has 0 spiro atoms. The van der Waals surface area contributed by atoms with Crippen molar-refractivity contribution in [1.29, 1.82) is 0 Å². The summed E-state index contributed by atoms with van der Waals surface area (Å²) in [5.74, 6) is 1.09. The lowest BCUT2D eigenvalue weighted by molar-refractivity contribution is -0.476. The second-order valence-corrected chi connectivity index (χ2v) is 7.37. The minimum atomic E-state index is -0.177. The van der Waals surface area contributed by atoms with Crippen LogP contribution in [-0.2, 0) is 4.79 Å². The Morgan fingerprint density at radius 2 is 2.13 bits per heavy atom. The normalized spacial score (nSPS) is 21.1. The molecule has 1 N–H and O–H groups in total. The predicted molar refractivity (Wildman–Crippen MR) is 90.1 cm³/mol. The molecule has 1 fully saturated rings. The molecule has 23 heavy (non-hydrogen) atoms.